The largest absolute Gasteiger partial charge is 0.345 e. The number of carbonyl (C=O) groups is 1. The highest BCUT2D eigenvalue weighted by molar-refractivity contribution is 5.78. The van der Waals surface area contributed by atoms with Crippen LogP contribution in [0.5, 0.6) is 0 Å². The Bertz CT molecular complexity index is 173. The second-order valence-electron chi connectivity index (χ2n) is 3.94. The van der Waals surface area contributed by atoms with Crippen LogP contribution >= 0.6 is 0 Å². The number of hydrogen-bond donors (Lipinski definition) is 2. The van der Waals surface area contributed by atoms with Gasteiger partial charge in [0.05, 0.1) is 5.92 Å². The van der Waals surface area contributed by atoms with Gasteiger partial charge in [-0.05, 0) is 26.4 Å². The Balaban J connectivity index is 3.93. The summed E-state index contributed by atoms with van der Waals surface area (Å²) in [5.74, 6) is 0.199. The summed E-state index contributed by atoms with van der Waals surface area (Å²) in [4.78, 5) is 13.7. The van der Waals surface area contributed by atoms with Gasteiger partial charge in [0.25, 0.3) is 0 Å². The molecule has 1 unspecified atom stereocenters. The second kappa shape index (κ2) is 8.68. The van der Waals surface area contributed by atoms with Crippen LogP contribution in [-0.4, -0.2) is 44.5 Å². The first-order chi connectivity index (χ1) is 7.17. The number of nitrogens with one attached hydrogen (secondary N) is 1. The van der Waals surface area contributed by atoms with Crippen LogP contribution < -0.4 is 11.1 Å². The average Bonchev–Trinajstić information content (AvgIpc) is 2.25. The standard InChI is InChI=1S/C11H25N3O/c1-4-6-10(9-12)11(15)14(3)8-5-7-13-2/h10,13H,4-9,12H2,1-3H3. The second-order valence-corrected chi connectivity index (χ2v) is 3.94. The molecule has 0 saturated carbocycles. The van der Waals surface area contributed by atoms with Crippen LogP contribution in [0.15, 0.2) is 0 Å². The molecule has 0 spiro atoms. The van der Waals surface area contributed by atoms with Gasteiger partial charge >= 0.3 is 0 Å². The lowest BCUT2D eigenvalue weighted by Gasteiger charge is -2.22. The maximum absolute atomic E-state index is 11.9. The first-order valence-electron chi connectivity index (χ1n) is 5.77. The number of amides is 1. The molecule has 1 atom stereocenters. The van der Waals surface area contributed by atoms with Gasteiger partial charge in [-0.2, -0.15) is 0 Å². The van der Waals surface area contributed by atoms with Gasteiger partial charge in [0.15, 0.2) is 0 Å². The summed E-state index contributed by atoms with van der Waals surface area (Å²) in [6.45, 7) is 4.29. The van der Waals surface area contributed by atoms with Crippen molar-refractivity contribution in [1.82, 2.24) is 10.2 Å². The van der Waals surface area contributed by atoms with Crippen LogP contribution in [0.3, 0.4) is 0 Å². The first kappa shape index (κ1) is 14.4. The molecule has 0 rings (SSSR count). The van der Waals surface area contributed by atoms with Crippen molar-refractivity contribution in [2.24, 2.45) is 11.7 Å². The molecule has 0 aliphatic carbocycles. The molecule has 0 aromatic carbocycles. The van der Waals surface area contributed by atoms with Gasteiger partial charge in [0.1, 0.15) is 0 Å². The molecule has 4 nitrogen and oxygen atoms in total. The molecule has 0 heterocycles. The Morgan fingerprint density at radius 1 is 1.53 bits per heavy atom. The van der Waals surface area contributed by atoms with E-state index in [1.54, 1.807) is 4.90 Å². The van der Waals surface area contributed by atoms with Crippen LogP contribution in [-0.2, 0) is 4.79 Å². The van der Waals surface area contributed by atoms with E-state index in [1.807, 2.05) is 14.1 Å². The third-order valence-electron chi connectivity index (χ3n) is 2.57. The van der Waals surface area contributed by atoms with Crippen molar-refractivity contribution < 1.29 is 4.79 Å². The predicted octanol–water partition coefficient (Wildman–Crippen LogP) is 0.429. The van der Waals surface area contributed by atoms with Gasteiger partial charge in [-0.15, -0.1) is 0 Å². The lowest BCUT2D eigenvalue weighted by molar-refractivity contribution is -0.134. The number of nitrogens with two attached hydrogens (primary N) is 1. The summed E-state index contributed by atoms with van der Waals surface area (Å²) < 4.78 is 0. The smallest absolute Gasteiger partial charge is 0.226 e. The van der Waals surface area contributed by atoms with E-state index in [0.29, 0.717) is 6.54 Å². The number of carbonyl (C=O) groups excluding carboxylic acids is 1. The lowest BCUT2D eigenvalue weighted by Crippen LogP contribution is -2.37. The molecule has 15 heavy (non-hydrogen) atoms. The highest BCUT2D eigenvalue weighted by Gasteiger charge is 2.18. The Morgan fingerprint density at radius 2 is 2.20 bits per heavy atom. The topological polar surface area (TPSA) is 58.4 Å². The van der Waals surface area contributed by atoms with Gasteiger partial charge < -0.3 is 16.0 Å². The minimum atomic E-state index is 0.00888. The van der Waals surface area contributed by atoms with E-state index in [4.69, 9.17) is 5.73 Å². The third-order valence-corrected chi connectivity index (χ3v) is 2.57. The van der Waals surface area contributed by atoms with E-state index >= 15 is 0 Å². The average molecular weight is 215 g/mol. The van der Waals surface area contributed by atoms with Crippen LogP contribution in [0.1, 0.15) is 26.2 Å². The van der Waals surface area contributed by atoms with E-state index < -0.39 is 0 Å². The highest BCUT2D eigenvalue weighted by Crippen LogP contribution is 2.08. The maximum Gasteiger partial charge on any atom is 0.226 e. The maximum atomic E-state index is 11.9. The Hall–Kier alpha value is -0.610. The molecule has 0 radical (unpaired) electrons. The zero-order valence-electron chi connectivity index (χ0n) is 10.3. The first-order valence-corrected chi connectivity index (χ1v) is 5.77. The summed E-state index contributed by atoms with van der Waals surface area (Å²) in [7, 11) is 3.78. The van der Waals surface area contributed by atoms with Crippen molar-refractivity contribution in [3.63, 3.8) is 0 Å². The quantitative estimate of drug-likeness (QED) is 0.577. The van der Waals surface area contributed by atoms with E-state index in [9.17, 15) is 4.79 Å². The van der Waals surface area contributed by atoms with E-state index in [-0.39, 0.29) is 11.8 Å². The summed E-state index contributed by atoms with van der Waals surface area (Å²) in [5.41, 5.74) is 5.59. The molecular weight excluding hydrogens is 190 g/mol. The zero-order valence-corrected chi connectivity index (χ0v) is 10.3. The minimum Gasteiger partial charge on any atom is -0.345 e. The molecule has 4 heteroatoms. The number of hydrogen-bond acceptors (Lipinski definition) is 3. The lowest BCUT2D eigenvalue weighted by atomic mass is 10.0. The molecule has 0 saturated heterocycles. The molecule has 0 bridgehead atoms. The van der Waals surface area contributed by atoms with Crippen molar-refractivity contribution in [2.45, 2.75) is 26.2 Å². The number of nitrogens with zero attached hydrogens (tertiary/aromatic N) is 1. The monoisotopic (exact) mass is 215 g/mol. The summed E-state index contributed by atoms with van der Waals surface area (Å²) in [6.07, 6.45) is 2.89. The van der Waals surface area contributed by atoms with Crippen molar-refractivity contribution in [1.29, 1.82) is 0 Å². The number of rotatable bonds is 8. The van der Waals surface area contributed by atoms with Crippen LogP contribution in [0, 0.1) is 5.92 Å². The minimum absolute atomic E-state index is 0.00888. The SMILES string of the molecule is CCCC(CN)C(=O)N(C)CCCNC. The molecule has 0 aliphatic rings. The van der Waals surface area contributed by atoms with Gasteiger partial charge in [0, 0.05) is 20.1 Å². The normalized spacial score (nSPS) is 12.5. The highest BCUT2D eigenvalue weighted by atomic mass is 16.2. The molecule has 0 aliphatic heterocycles. The van der Waals surface area contributed by atoms with Gasteiger partial charge in [-0.1, -0.05) is 13.3 Å². The van der Waals surface area contributed by atoms with Crippen molar-refractivity contribution in [3.05, 3.63) is 0 Å². The summed E-state index contributed by atoms with van der Waals surface area (Å²) in [5, 5.41) is 3.07. The van der Waals surface area contributed by atoms with E-state index in [1.165, 1.54) is 0 Å². The third kappa shape index (κ3) is 5.74. The fourth-order valence-electron chi connectivity index (χ4n) is 1.61. The van der Waals surface area contributed by atoms with Crippen molar-refractivity contribution in [3.8, 4) is 0 Å². The Labute approximate surface area is 93.2 Å². The fraction of sp³-hybridized carbons (Fsp3) is 0.909. The molecule has 3 N–H and O–H groups in total. The summed E-state index contributed by atoms with van der Waals surface area (Å²) >= 11 is 0. The molecular formula is C11H25N3O. The van der Waals surface area contributed by atoms with Crippen molar-refractivity contribution in [2.75, 3.05) is 33.7 Å². The molecule has 0 aromatic rings. The van der Waals surface area contributed by atoms with Crippen LogP contribution in [0.4, 0.5) is 0 Å². The van der Waals surface area contributed by atoms with Gasteiger partial charge in [-0.25, -0.2) is 0 Å². The Kier molecular flexibility index (Phi) is 8.33. The van der Waals surface area contributed by atoms with Crippen LogP contribution in [0.2, 0.25) is 0 Å². The van der Waals surface area contributed by atoms with Gasteiger partial charge in [-0.3, -0.25) is 4.79 Å². The Morgan fingerprint density at radius 3 is 2.67 bits per heavy atom. The predicted molar refractivity (Wildman–Crippen MR) is 63.6 cm³/mol. The molecule has 0 fully saturated rings. The van der Waals surface area contributed by atoms with Gasteiger partial charge in [0.2, 0.25) is 5.91 Å². The molecule has 1 amide bonds. The van der Waals surface area contributed by atoms with Crippen molar-refractivity contribution >= 4 is 5.91 Å². The van der Waals surface area contributed by atoms with E-state index in [2.05, 4.69) is 12.2 Å². The zero-order chi connectivity index (χ0) is 11.7. The molecule has 90 valence electrons. The fourth-order valence-corrected chi connectivity index (χ4v) is 1.61. The summed E-state index contributed by atoms with van der Waals surface area (Å²) in [6, 6.07) is 0. The van der Waals surface area contributed by atoms with Crippen LogP contribution in [0.25, 0.3) is 0 Å². The molecule has 0 aromatic heterocycles. The van der Waals surface area contributed by atoms with E-state index in [0.717, 1.165) is 32.4 Å².